The second kappa shape index (κ2) is 11.6. The Kier molecular flexibility index (Phi) is 6.73. The SMILES string of the molecule is C(#CC1(c2ccccc2)c2ccccc2-c2ccc(CCc3cc4ccccc4c4ccc5c6ccccc6sc5c34)cc21)c1ccccc1. The summed E-state index contributed by atoms with van der Waals surface area (Å²) in [5.41, 5.74) is 9.50. The van der Waals surface area contributed by atoms with Crippen LogP contribution in [0.1, 0.15) is 33.4 Å². The Morgan fingerprint density at radius 1 is 0.500 bits per heavy atom. The van der Waals surface area contributed by atoms with Crippen LogP contribution in [0, 0.1) is 11.8 Å². The van der Waals surface area contributed by atoms with E-state index >= 15 is 0 Å². The Morgan fingerprint density at radius 3 is 2.08 bits per heavy atom. The van der Waals surface area contributed by atoms with Crippen LogP contribution in [0.25, 0.3) is 52.8 Å². The fourth-order valence-corrected chi connectivity index (χ4v) is 9.60. The molecule has 0 fully saturated rings. The molecule has 1 aliphatic rings. The van der Waals surface area contributed by atoms with Gasteiger partial charge in [0.25, 0.3) is 0 Å². The van der Waals surface area contributed by atoms with Gasteiger partial charge in [0.2, 0.25) is 0 Å². The second-order valence-corrected chi connectivity index (χ2v) is 14.4. The van der Waals surface area contributed by atoms with Crippen molar-refractivity contribution in [3.63, 3.8) is 0 Å². The zero-order chi connectivity index (χ0) is 33.1. The van der Waals surface area contributed by atoms with Crippen LogP contribution in [0.3, 0.4) is 0 Å². The molecule has 0 amide bonds. The highest BCUT2D eigenvalue weighted by Crippen LogP contribution is 2.52. The first kappa shape index (κ1) is 29.0. The first-order valence-electron chi connectivity index (χ1n) is 17.4. The van der Waals surface area contributed by atoms with Crippen molar-refractivity contribution in [3.05, 3.63) is 203 Å². The molecule has 1 heteroatoms. The van der Waals surface area contributed by atoms with Crippen molar-refractivity contribution in [2.24, 2.45) is 0 Å². The third-order valence-electron chi connectivity index (χ3n) is 10.6. The third kappa shape index (κ3) is 4.46. The lowest BCUT2D eigenvalue weighted by molar-refractivity contribution is 0.831. The average molecular weight is 653 g/mol. The zero-order valence-electron chi connectivity index (χ0n) is 27.5. The van der Waals surface area contributed by atoms with Crippen molar-refractivity contribution in [3.8, 4) is 23.0 Å². The van der Waals surface area contributed by atoms with Crippen LogP contribution in [0.4, 0.5) is 0 Å². The topological polar surface area (TPSA) is 0 Å². The van der Waals surface area contributed by atoms with E-state index in [1.165, 1.54) is 80.7 Å². The molecule has 1 heterocycles. The summed E-state index contributed by atoms with van der Waals surface area (Å²) in [4.78, 5) is 0. The summed E-state index contributed by atoms with van der Waals surface area (Å²) in [6, 6.07) is 62.1. The van der Waals surface area contributed by atoms with Crippen LogP contribution in [0.2, 0.25) is 0 Å². The molecule has 10 rings (SSSR count). The van der Waals surface area contributed by atoms with E-state index in [2.05, 4.69) is 182 Å². The van der Waals surface area contributed by atoms with Gasteiger partial charge < -0.3 is 0 Å². The number of hydrogen-bond acceptors (Lipinski definition) is 1. The zero-order valence-corrected chi connectivity index (χ0v) is 28.3. The van der Waals surface area contributed by atoms with Crippen molar-refractivity contribution in [2.45, 2.75) is 18.3 Å². The van der Waals surface area contributed by atoms with Gasteiger partial charge in [0.1, 0.15) is 5.41 Å². The summed E-state index contributed by atoms with van der Waals surface area (Å²) < 4.78 is 2.74. The number of aryl methyl sites for hydroxylation is 2. The monoisotopic (exact) mass is 652 g/mol. The van der Waals surface area contributed by atoms with Crippen LogP contribution in [-0.4, -0.2) is 0 Å². The third-order valence-corrected chi connectivity index (χ3v) is 11.8. The molecule has 0 saturated heterocycles. The minimum absolute atomic E-state index is 0.572. The predicted molar refractivity (Wildman–Crippen MR) is 213 cm³/mol. The highest BCUT2D eigenvalue weighted by atomic mass is 32.1. The van der Waals surface area contributed by atoms with E-state index in [0.29, 0.717) is 0 Å². The van der Waals surface area contributed by atoms with Gasteiger partial charge in [-0.05, 0) is 86.1 Å². The van der Waals surface area contributed by atoms with Gasteiger partial charge in [-0.25, -0.2) is 0 Å². The molecule has 1 atom stereocenters. The highest BCUT2D eigenvalue weighted by molar-refractivity contribution is 7.26. The summed E-state index contributed by atoms with van der Waals surface area (Å²) in [5, 5.41) is 8.09. The van der Waals surface area contributed by atoms with Crippen molar-refractivity contribution in [1.29, 1.82) is 0 Å². The molecular formula is C49H32S. The summed E-state index contributed by atoms with van der Waals surface area (Å²) >= 11 is 1.93. The molecular weight excluding hydrogens is 621 g/mol. The first-order valence-corrected chi connectivity index (χ1v) is 18.2. The van der Waals surface area contributed by atoms with Crippen LogP contribution in [0.5, 0.6) is 0 Å². The Hall–Kier alpha value is -5.94. The maximum atomic E-state index is 3.87. The molecule has 0 bridgehead atoms. The molecule has 0 spiro atoms. The van der Waals surface area contributed by atoms with E-state index in [1.807, 2.05) is 11.3 Å². The van der Waals surface area contributed by atoms with E-state index in [4.69, 9.17) is 0 Å². The van der Waals surface area contributed by atoms with E-state index in [-0.39, 0.29) is 0 Å². The van der Waals surface area contributed by atoms with Crippen molar-refractivity contribution in [2.75, 3.05) is 0 Å². The fourth-order valence-electron chi connectivity index (χ4n) is 8.31. The molecule has 0 radical (unpaired) electrons. The predicted octanol–water partition coefficient (Wildman–Crippen LogP) is 12.5. The smallest absolute Gasteiger partial charge is 0.108 e. The molecule has 0 aliphatic heterocycles. The lowest BCUT2D eigenvalue weighted by Crippen LogP contribution is -2.25. The number of fused-ring (bicyclic) bond motifs is 10. The van der Waals surface area contributed by atoms with Crippen molar-refractivity contribution in [1.82, 2.24) is 0 Å². The summed E-state index contributed by atoms with van der Waals surface area (Å²) in [6.07, 6.45) is 1.89. The summed E-state index contributed by atoms with van der Waals surface area (Å²) in [5.74, 6) is 7.47. The van der Waals surface area contributed by atoms with Crippen LogP contribution in [-0.2, 0) is 18.3 Å². The maximum Gasteiger partial charge on any atom is 0.108 e. The van der Waals surface area contributed by atoms with Gasteiger partial charge in [0.15, 0.2) is 0 Å². The van der Waals surface area contributed by atoms with E-state index in [1.54, 1.807) is 0 Å². The summed E-state index contributed by atoms with van der Waals surface area (Å²) in [7, 11) is 0. The van der Waals surface area contributed by atoms with Crippen LogP contribution >= 0.6 is 11.3 Å². The van der Waals surface area contributed by atoms with E-state index in [9.17, 15) is 0 Å². The standard InChI is InChI=1S/C49H32S/c1-3-13-33(14-4-1)29-30-49(37-16-5-2-6-17-37)44-21-11-9-19-39(44)40-26-24-34(31-45(40)49)23-25-36-32-35-15-7-8-18-38(35)42-27-28-43-41-20-10-12-22-46(41)50-48(43)47(36)42/h1-22,24,26-28,31-32H,23,25H2. The Labute approximate surface area is 296 Å². The number of benzene rings is 8. The Bertz CT molecular complexity index is 2810. The van der Waals surface area contributed by atoms with Crippen molar-refractivity contribution < 1.29 is 0 Å². The minimum Gasteiger partial charge on any atom is -0.135 e. The molecule has 0 nitrogen and oxygen atoms in total. The maximum absolute atomic E-state index is 3.87. The molecule has 234 valence electrons. The molecule has 0 N–H and O–H groups in total. The highest BCUT2D eigenvalue weighted by Gasteiger charge is 2.43. The number of rotatable bonds is 4. The normalized spacial score (nSPS) is 14.9. The Balaban J connectivity index is 1.14. The molecule has 50 heavy (non-hydrogen) atoms. The van der Waals surface area contributed by atoms with Gasteiger partial charge in [-0.1, -0.05) is 164 Å². The van der Waals surface area contributed by atoms with Crippen molar-refractivity contribution >= 4 is 53.1 Å². The lowest BCUT2D eigenvalue weighted by atomic mass is 9.72. The second-order valence-electron chi connectivity index (χ2n) is 13.4. The number of hydrogen-bond donors (Lipinski definition) is 0. The van der Waals surface area contributed by atoms with E-state index in [0.717, 1.165) is 18.4 Å². The van der Waals surface area contributed by atoms with Crippen LogP contribution in [0.15, 0.2) is 170 Å². The van der Waals surface area contributed by atoms with Gasteiger partial charge in [0, 0.05) is 31.1 Å². The molecule has 1 unspecified atom stereocenters. The largest absolute Gasteiger partial charge is 0.135 e. The molecule has 1 aliphatic carbocycles. The molecule has 0 saturated carbocycles. The van der Waals surface area contributed by atoms with Gasteiger partial charge in [0.05, 0.1) is 0 Å². The van der Waals surface area contributed by atoms with Crippen LogP contribution < -0.4 is 0 Å². The molecule has 9 aromatic rings. The lowest BCUT2D eigenvalue weighted by Gasteiger charge is -2.27. The summed E-state index contributed by atoms with van der Waals surface area (Å²) in [6.45, 7) is 0. The Morgan fingerprint density at radius 2 is 1.20 bits per heavy atom. The molecule has 8 aromatic carbocycles. The van der Waals surface area contributed by atoms with Gasteiger partial charge in [-0.3, -0.25) is 0 Å². The van der Waals surface area contributed by atoms with Gasteiger partial charge >= 0.3 is 0 Å². The number of thiophene rings is 1. The average Bonchev–Trinajstić information content (AvgIpc) is 3.70. The minimum atomic E-state index is -0.572. The van der Waals surface area contributed by atoms with Gasteiger partial charge in [-0.2, -0.15) is 0 Å². The molecule has 1 aromatic heterocycles. The van der Waals surface area contributed by atoms with Gasteiger partial charge in [-0.15, -0.1) is 11.3 Å². The van der Waals surface area contributed by atoms with E-state index < -0.39 is 5.41 Å². The quantitative estimate of drug-likeness (QED) is 0.131. The fraction of sp³-hybridized carbons (Fsp3) is 0.0612. The first-order chi connectivity index (χ1) is 24.8.